The molecule has 4 aromatic carbocycles. The van der Waals surface area contributed by atoms with E-state index >= 15 is 0 Å². The second-order valence-corrected chi connectivity index (χ2v) is 6.14. The molecule has 23 heavy (non-hydrogen) atoms. The van der Waals surface area contributed by atoms with Gasteiger partial charge < -0.3 is 0 Å². The Hall–Kier alpha value is -3.13. The molecule has 6 rings (SSSR count). The first-order valence-electron chi connectivity index (χ1n) is 7.83. The number of para-hydroxylation sites is 2. The van der Waals surface area contributed by atoms with E-state index in [0.717, 1.165) is 16.7 Å². The quantitative estimate of drug-likeness (QED) is 0.343. The van der Waals surface area contributed by atoms with Gasteiger partial charge in [-0.25, -0.2) is 4.98 Å². The van der Waals surface area contributed by atoms with Crippen LogP contribution in [0.5, 0.6) is 0 Å². The van der Waals surface area contributed by atoms with E-state index in [-0.39, 0.29) is 0 Å². The predicted octanol–water partition coefficient (Wildman–Crippen LogP) is 5.38. The van der Waals surface area contributed by atoms with Gasteiger partial charge in [0, 0.05) is 11.6 Å². The lowest BCUT2D eigenvalue weighted by Crippen LogP contribution is -1.87. The van der Waals surface area contributed by atoms with Crippen molar-refractivity contribution in [2.45, 2.75) is 0 Å². The van der Waals surface area contributed by atoms with E-state index in [1.807, 2.05) is 6.07 Å². The molecule has 0 radical (unpaired) electrons. The molecule has 2 heteroatoms. The van der Waals surface area contributed by atoms with Crippen LogP contribution in [0.4, 0.5) is 0 Å². The molecule has 0 spiro atoms. The molecule has 0 amide bonds. The zero-order valence-corrected chi connectivity index (χ0v) is 12.3. The van der Waals surface area contributed by atoms with E-state index in [1.54, 1.807) is 0 Å². The molecular weight excluding hydrogens is 280 g/mol. The molecule has 0 aliphatic rings. The first-order valence-corrected chi connectivity index (χ1v) is 7.83. The van der Waals surface area contributed by atoms with Crippen LogP contribution in [0.25, 0.3) is 49.0 Å². The van der Waals surface area contributed by atoms with Crippen LogP contribution >= 0.6 is 0 Å². The molecule has 0 atom stereocenters. The molecule has 2 nitrogen and oxygen atoms in total. The number of hydrogen-bond acceptors (Lipinski definition) is 1. The molecule has 106 valence electrons. The topological polar surface area (TPSA) is 17.3 Å². The molecule has 0 aliphatic heterocycles. The van der Waals surface area contributed by atoms with Gasteiger partial charge in [-0.15, -0.1) is 0 Å². The van der Waals surface area contributed by atoms with Crippen molar-refractivity contribution in [2.75, 3.05) is 0 Å². The molecule has 0 aliphatic carbocycles. The Kier molecular flexibility index (Phi) is 1.89. The van der Waals surface area contributed by atoms with E-state index in [0.29, 0.717) is 0 Å². The Morgan fingerprint density at radius 1 is 0.696 bits per heavy atom. The van der Waals surface area contributed by atoms with Crippen molar-refractivity contribution in [3.05, 3.63) is 72.9 Å². The smallest absolute Gasteiger partial charge is 0.145 e. The lowest BCUT2D eigenvalue weighted by Gasteiger charge is -2.06. The first kappa shape index (κ1) is 11.4. The molecule has 0 saturated heterocycles. The summed E-state index contributed by atoms with van der Waals surface area (Å²) in [7, 11) is 0. The third-order valence-electron chi connectivity index (χ3n) is 4.93. The van der Waals surface area contributed by atoms with Crippen molar-refractivity contribution in [1.82, 2.24) is 9.38 Å². The zero-order valence-electron chi connectivity index (χ0n) is 12.3. The summed E-state index contributed by atoms with van der Waals surface area (Å²) >= 11 is 0. The summed E-state index contributed by atoms with van der Waals surface area (Å²) in [4.78, 5) is 4.88. The Bertz CT molecular complexity index is 1360. The van der Waals surface area contributed by atoms with Crippen molar-refractivity contribution < 1.29 is 0 Å². The van der Waals surface area contributed by atoms with E-state index in [2.05, 4.69) is 71.3 Å². The molecule has 2 aromatic heterocycles. The van der Waals surface area contributed by atoms with Crippen molar-refractivity contribution >= 4 is 49.0 Å². The van der Waals surface area contributed by atoms with E-state index in [1.165, 1.54) is 32.3 Å². The molecule has 0 unspecified atom stereocenters. The average molecular weight is 292 g/mol. The minimum Gasteiger partial charge on any atom is -0.299 e. The highest BCUT2D eigenvalue weighted by atomic mass is 15.0. The van der Waals surface area contributed by atoms with Gasteiger partial charge >= 0.3 is 0 Å². The number of imidazole rings is 1. The van der Waals surface area contributed by atoms with Gasteiger partial charge in [-0.05, 0) is 51.2 Å². The lowest BCUT2D eigenvalue weighted by atomic mass is 10.0. The minimum atomic E-state index is 1.03. The first-order chi connectivity index (χ1) is 11.4. The van der Waals surface area contributed by atoms with Crippen LogP contribution in [0, 0.1) is 0 Å². The predicted molar refractivity (Wildman–Crippen MR) is 96.4 cm³/mol. The fraction of sp³-hybridized carbons (Fsp3) is 0. The fourth-order valence-corrected chi connectivity index (χ4v) is 3.92. The van der Waals surface area contributed by atoms with E-state index < -0.39 is 0 Å². The van der Waals surface area contributed by atoms with Crippen molar-refractivity contribution in [3.63, 3.8) is 0 Å². The highest BCUT2D eigenvalue weighted by Crippen LogP contribution is 2.36. The van der Waals surface area contributed by atoms with Gasteiger partial charge in [-0.3, -0.25) is 4.40 Å². The number of nitrogens with zero attached hydrogens (tertiary/aromatic N) is 2. The van der Waals surface area contributed by atoms with Gasteiger partial charge in [0.1, 0.15) is 5.65 Å². The number of pyridine rings is 1. The molecule has 0 bridgehead atoms. The lowest BCUT2D eigenvalue weighted by molar-refractivity contribution is 1.25. The van der Waals surface area contributed by atoms with Gasteiger partial charge in [0.2, 0.25) is 0 Å². The summed E-state index contributed by atoms with van der Waals surface area (Å²) in [5, 5.41) is 7.78. The van der Waals surface area contributed by atoms with Crippen LogP contribution in [-0.4, -0.2) is 9.38 Å². The Morgan fingerprint density at radius 3 is 2.61 bits per heavy atom. The molecule has 0 fully saturated rings. The number of rotatable bonds is 0. The highest BCUT2D eigenvalue weighted by molar-refractivity contribution is 6.24. The summed E-state index contributed by atoms with van der Waals surface area (Å²) in [5.41, 5.74) is 3.23. The van der Waals surface area contributed by atoms with Crippen LogP contribution in [0.1, 0.15) is 0 Å². The SMILES string of the molecule is c1cc2ccc3c4ccn5c6ccccc6nc5c4cc(c1)c23. The van der Waals surface area contributed by atoms with Gasteiger partial charge in [-0.2, -0.15) is 0 Å². The van der Waals surface area contributed by atoms with Crippen molar-refractivity contribution in [2.24, 2.45) is 0 Å². The minimum absolute atomic E-state index is 1.03. The van der Waals surface area contributed by atoms with Crippen LogP contribution in [0.3, 0.4) is 0 Å². The van der Waals surface area contributed by atoms with Crippen molar-refractivity contribution in [1.29, 1.82) is 0 Å². The van der Waals surface area contributed by atoms with Gasteiger partial charge in [-0.1, -0.05) is 42.5 Å². The monoisotopic (exact) mass is 292 g/mol. The third kappa shape index (κ3) is 1.32. The number of hydrogen-bond donors (Lipinski definition) is 0. The number of benzene rings is 3. The molecule has 0 saturated carbocycles. The van der Waals surface area contributed by atoms with Gasteiger partial charge in [0.05, 0.1) is 11.0 Å². The van der Waals surface area contributed by atoms with Gasteiger partial charge in [0.25, 0.3) is 0 Å². The standard InChI is InChI=1S/C21H12N2/c1-2-7-19-18(6-1)22-21-17-12-14-5-3-4-13-8-9-16(20(13)14)15(17)10-11-23(19)21/h1-12H. The molecule has 6 aromatic rings. The van der Waals surface area contributed by atoms with E-state index in [4.69, 9.17) is 4.98 Å². The summed E-state index contributed by atoms with van der Waals surface area (Å²) in [6.07, 6.45) is 2.14. The fourth-order valence-electron chi connectivity index (χ4n) is 3.92. The Balaban J connectivity index is 1.95. The number of fused-ring (bicyclic) bond motifs is 6. The van der Waals surface area contributed by atoms with Crippen LogP contribution in [0.15, 0.2) is 72.9 Å². The Morgan fingerprint density at radius 2 is 1.61 bits per heavy atom. The summed E-state index contributed by atoms with van der Waals surface area (Å²) in [5.74, 6) is 0. The number of aromatic nitrogens is 2. The summed E-state index contributed by atoms with van der Waals surface area (Å²) in [6.45, 7) is 0. The van der Waals surface area contributed by atoms with Crippen LogP contribution in [-0.2, 0) is 0 Å². The molecule has 0 N–H and O–H groups in total. The van der Waals surface area contributed by atoms with Crippen LogP contribution < -0.4 is 0 Å². The second-order valence-electron chi connectivity index (χ2n) is 6.14. The zero-order chi connectivity index (χ0) is 15.0. The average Bonchev–Trinajstić information content (AvgIpc) is 3.18. The van der Waals surface area contributed by atoms with E-state index in [9.17, 15) is 0 Å². The second kappa shape index (κ2) is 3.79. The maximum atomic E-state index is 4.88. The third-order valence-corrected chi connectivity index (χ3v) is 4.93. The molecular formula is C21H12N2. The summed E-state index contributed by atoms with van der Waals surface area (Å²) < 4.78 is 2.19. The maximum absolute atomic E-state index is 4.88. The van der Waals surface area contributed by atoms with Gasteiger partial charge in [0.15, 0.2) is 0 Å². The maximum Gasteiger partial charge on any atom is 0.145 e. The Labute approximate surface area is 131 Å². The summed E-state index contributed by atoms with van der Waals surface area (Å²) in [6, 6.07) is 23.8. The van der Waals surface area contributed by atoms with Crippen molar-refractivity contribution in [3.8, 4) is 0 Å². The largest absolute Gasteiger partial charge is 0.299 e. The van der Waals surface area contributed by atoms with Crippen LogP contribution in [0.2, 0.25) is 0 Å². The molecule has 2 heterocycles. The normalized spacial score (nSPS) is 12.3. The highest BCUT2D eigenvalue weighted by Gasteiger charge is 2.12.